The average Bonchev–Trinajstić information content (AvgIpc) is 2.60. The Morgan fingerprint density at radius 3 is 2.48 bits per heavy atom. The molecular weight excluding hydrogens is 352 g/mol. The first-order valence-corrected chi connectivity index (χ1v) is 8.42. The Labute approximate surface area is 157 Å². The average molecular weight is 378 g/mol. The van der Waals surface area contributed by atoms with Gasteiger partial charge < -0.3 is 20.1 Å². The van der Waals surface area contributed by atoms with E-state index in [1.807, 2.05) is 0 Å². The van der Waals surface area contributed by atoms with Gasteiger partial charge in [0.25, 0.3) is 5.91 Å². The number of carbonyl (C=O) groups is 2. The van der Waals surface area contributed by atoms with Crippen LogP contribution in [0.15, 0.2) is 24.3 Å². The fraction of sp³-hybridized carbons (Fsp3) is 0.412. The first-order chi connectivity index (χ1) is 12.8. The van der Waals surface area contributed by atoms with Gasteiger partial charge >= 0.3 is 6.09 Å². The fourth-order valence-electron chi connectivity index (χ4n) is 1.93. The number of hydrogen-bond acceptors (Lipinski definition) is 6. The Morgan fingerprint density at radius 2 is 1.81 bits per heavy atom. The number of nitrogens with one attached hydrogen (secondary N) is 5. The maximum absolute atomic E-state index is 11.9. The predicted octanol–water partition coefficient (Wildman–Crippen LogP) is 1.04. The minimum atomic E-state index is -0.771. The van der Waals surface area contributed by atoms with Gasteiger partial charge in [0.15, 0.2) is 5.96 Å². The van der Waals surface area contributed by atoms with Crippen molar-refractivity contribution in [2.75, 3.05) is 27.2 Å². The monoisotopic (exact) mass is 378 g/mol. The largest absolute Gasteiger partial charge is 0.507 e. The van der Waals surface area contributed by atoms with Crippen molar-refractivity contribution in [2.45, 2.75) is 19.3 Å². The molecule has 0 aliphatic rings. The fourth-order valence-corrected chi connectivity index (χ4v) is 1.93. The highest BCUT2D eigenvalue weighted by molar-refractivity contribution is 6.01. The normalized spacial score (nSPS) is 9.85. The summed E-state index contributed by atoms with van der Waals surface area (Å²) in [5.74, 6) is -0.773. The zero-order valence-electron chi connectivity index (χ0n) is 15.5. The predicted molar refractivity (Wildman–Crippen MR) is 101 cm³/mol. The molecule has 0 bridgehead atoms. The summed E-state index contributed by atoms with van der Waals surface area (Å²) in [4.78, 5) is 24.8. The van der Waals surface area contributed by atoms with Gasteiger partial charge in [0.1, 0.15) is 5.75 Å². The number of ether oxygens (including phenoxy) is 1. The number of unbranched alkanes of at least 4 members (excludes halogenated alkanes) is 2. The number of para-hydroxylation sites is 1. The van der Waals surface area contributed by atoms with E-state index < -0.39 is 6.09 Å². The topological polar surface area (TPSA) is 151 Å². The van der Waals surface area contributed by atoms with Crippen LogP contribution in [0.1, 0.15) is 29.6 Å². The zero-order chi connectivity index (χ0) is 20.2. The lowest BCUT2D eigenvalue weighted by molar-refractivity contribution is 0.0950. The van der Waals surface area contributed by atoms with E-state index in [-0.39, 0.29) is 35.7 Å². The molecule has 0 spiro atoms. The number of rotatable bonds is 7. The van der Waals surface area contributed by atoms with E-state index in [1.54, 1.807) is 32.3 Å². The highest BCUT2D eigenvalue weighted by atomic mass is 16.5. The van der Waals surface area contributed by atoms with Crippen LogP contribution in [0.4, 0.5) is 4.79 Å². The first-order valence-electron chi connectivity index (χ1n) is 8.42. The van der Waals surface area contributed by atoms with Crippen LogP contribution < -0.4 is 16.0 Å². The standard InChI is InChI=1S/C17H26N6O4/c1-23(2)16(19)21-15(18)22-17(26)27-11-7-3-6-10-20-14(25)12-8-4-5-9-13(12)24/h4-5,8-9,24H,3,6-7,10-11H2,1-2H3,(H,20,25)(H4,18,19,21,22,26). The van der Waals surface area contributed by atoms with Crippen molar-refractivity contribution in [1.82, 2.24) is 20.9 Å². The smallest absolute Gasteiger partial charge is 0.413 e. The number of benzene rings is 1. The van der Waals surface area contributed by atoms with E-state index in [1.165, 1.54) is 11.0 Å². The number of amides is 2. The quantitative estimate of drug-likeness (QED) is 0.237. The molecule has 10 heteroatoms. The number of carbonyl (C=O) groups excluding carboxylic acids is 2. The third-order valence-corrected chi connectivity index (χ3v) is 3.41. The number of hydrogen-bond donors (Lipinski definition) is 6. The van der Waals surface area contributed by atoms with Crippen LogP contribution in [0.3, 0.4) is 0 Å². The molecule has 0 atom stereocenters. The van der Waals surface area contributed by atoms with Crippen molar-refractivity contribution in [2.24, 2.45) is 0 Å². The minimum absolute atomic E-state index is 0.0360. The van der Waals surface area contributed by atoms with E-state index >= 15 is 0 Å². The molecule has 0 aliphatic carbocycles. The molecule has 2 amide bonds. The van der Waals surface area contributed by atoms with Gasteiger partial charge in [-0.05, 0) is 31.4 Å². The third kappa shape index (κ3) is 8.56. The molecular formula is C17H26N6O4. The molecule has 0 unspecified atom stereocenters. The molecule has 0 radical (unpaired) electrons. The van der Waals surface area contributed by atoms with Crippen molar-refractivity contribution in [1.29, 1.82) is 10.8 Å². The van der Waals surface area contributed by atoms with Crippen molar-refractivity contribution in [3.05, 3.63) is 29.8 Å². The van der Waals surface area contributed by atoms with E-state index in [9.17, 15) is 14.7 Å². The molecule has 0 saturated carbocycles. The molecule has 1 aromatic rings. The number of guanidine groups is 2. The van der Waals surface area contributed by atoms with Crippen LogP contribution in [0, 0.1) is 10.8 Å². The SMILES string of the molecule is CN(C)C(=N)NC(=N)NC(=O)OCCCCCNC(=O)c1ccccc1O. The molecule has 6 N–H and O–H groups in total. The second-order valence-electron chi connectivity index (χ2n) is 5.84. The lowest BCUT2D eigenvalue weighted by atomic mass is 10.2. The minimum Gasteiger partial charge on any atom is -0.507 e. The van der Waals surface area contributed by atoms with Crippen molar-refractivity contribution >= 4 is 23.9 Å². The van der Waals surface area contributed by atoms with Crippen molar-refractivity contribution < 1.29 is 19.4 Å². The molecule has 148 valence electrons. The Bertz CT molecular complexity index is 677. The summed E-state index contributed by atoms with van der Waals surface area (Å²) >= 11 is 0. The van der Waals surface area contributed by atoms with Gasteiger partial charge in [-0.15, -0.1) is 0 Å². The lowest BCUT2D eigenvalue weighted by Crippen LogP contribution is -2.47. The number of phenols is 1. The van der Waals surface area contributed by atoms with Crippen LogP contribution in [0.25, 0.3) is 0 Å². The highest BCUT2D eigenvalue weighted by Gasteiger charge is 2.09. The Kier molecular flexibility index (Phi) is 9.13. The first kappa shape index (κ1) is 21.7. The van der Waals surface area contributed by atoms with Crippen LogP contribution in [0.5, 0.6) is 5.75 Å². The van der Waals surface area contributed by atoms with E-state index in [0.717, 1.165) is 6.42 Å². The second-order valence-corrected chi connectivity index (χ2v) is 5.84. The van der Waals surface area contributed by atoms with E-state index in [4.69, 9.17) is 15.6 Å². The summed E-state index contributed by atoms with van der Waals surface area (Å²) in [5, 5.41) is 31.8. The third-order valence-electron chi connectivity index (χ3n) is 3.41. The molecule has 0 heterocycles. The summed E-state index contributed by atoms with van der Waals surface area (Å²) in [5.41, 5.74) is 0.232. The second kappa shape index (κ2) is 11.3. The molecule has 1 rings (SSSR count). The lowest BCUT2D eigenvalue weighted by Gasteiger charge is -2.15. The van der Waals surface area contributed by atoms with Crippen LogP contribution in [-0.2, 0) is 4.74 Å². The maximum Gasteiger partial charge on any atom is 0.413 e. The molecule has 1 aromatic carbocycles. The summed E-state index contributed by atoms with van der Waals surface area (Å²) < 4.78 is 4.93. The van der Waals surface area contributed by atoms with Gasteiger partial charge in [-0.3, -0.25) is 26.2 Å². The number of phenolic OH excluding ortho intramolecular Hbond substituents is 1. The summed E-state index contributed by atoms with van der Waals surface area (Å²) in [6, 6.07) is 6.32. The summed E-state index contributed by atoms with van der Waals surface area (Å²) in [6.07, 6.45) is 1.26. The van der Waals surface area contributed by atoms with Crippen molar-refractivity contribution in [3.8, 4) is 5.75 Å². The van der Waals surface area contributed by atoms with Crippen LogP contribution in [0.2, 0.25) is 0 Å². The highest BCUT2D eigenvalue weighted by Crippen LogP contribution is 2.14. The van der Waals surface area contributed by atoms with E-state index in [2.05, 4.69) is 16.0 Å². The van der Waals surface area contributed by atoms with E-state index in [0.29, 0.717) is 19.4 Å². The van der Waals surface area contributed by atoms with Gasteiger partial charge in [0.05, 0.1) is 12.2 Å². The van der Waals surface area contributed by atoms with Crippen LogP contribution in [-0.4, -0.2) is 61.2 Å². The molecule has 10 nitrogen and oxygen atoms in total. The molecule has 27 heavy (non-hydrogen) atoms. The summed E-state index contributed by atoms with van der Waals surface area (Å²) in [6.45, 7) is 0.623. The van der Waals surface area contributed by atoms with Gasteiger partial charge in [-0.2, -0.15) is 0 Å². The molecule has 0 saturated heterocycles. The number of alkyl carbamates (subject to hydrolysis) is 1. The van der Waals surface area contributed by atoms with Gasteiger partial charge in [0.2, 0.25) is 5.96 Å². The number of aromatic hydroxyl groups is 1. The van der Waals surface area contributed by atoms with Gasteiger partial charge in [-0.25, -0.2) is 4.79 Å². The molecule has 0 fully saturated rings. The zero-order valence-corrected chi connectivity index (χ0v) is 15.5. The maximum atomic E-state index is 11.9. The Hall–Kier alpha value is -3.30. The molecule has 0 aliphatic heterocycles. The molecule has 0 aromatic heterocycles. The Balaban J connectivity index is 2.09. The Morgan fingerprint density at radius 1 is 1.11 bits per heavy atom. The number of nitrogens with zero attached hydrogens (tertiary/aromatic N) is 1. The summed E-state index contributed by atoms with van der Waals surface area (Å²) in [7, 11) is 3.26. The van der Waals surface area contributed by atoms with Crippen molar-refractivity contribution in [3.63, 3.8) is 0 Å². The van der Waals surface area contributed by atoms with Gasteiger partial charge in [0, 0.05) is 20.6 Å². The van der Waals surface area contributed by atoms with Crippen LogP contribution >= 0.6 is 0 Å². The van der Waals surface area contributed by atoms with Gasteiger partial charge in [-0.1, -0.05) is 12.1 Å².